The highest BCUT2D eigenvalue weighted by Crippen LogP contribution is 2.33. The number of aliphatic carboxylic acids is 1. The maximum absolute atomic E-state index is 11.3. The molecule has 1 saturated heterocycles. The van der Waals surface area contributed by atoms with Crippen LogP contribution >= 0.6 is 0 Å². The Bertz CT molecular complexity index is 1110. The molecular weight excluding hydrogens is 464 g/mol. The van der Waals surface area contributed by atoms with E-state index in [0.29, 0.717) is 47.8 Å². The fourth-order valence-electron chi connectivity index (χ4n) is 3.52. The monoisotopic (exact) mass is 490 g/mol. The molecule has 0 aliphatic carbocycles. The van der Waals surface area contributed by atoms with Crippen molar-refractivity contribution in [3.05, 3.63) is 23.1 Å². The largest absolute Gasteiger partial charge is 0.550 e. The van der Waals surface area contributed by atoms with Gasteiger partial charge in [-0.2, -0.15) is 0 Å². The number of aromatic nitrogens is 4. The molecule has 1 fully saturated rings. The fourth-order valence-corrected chi connectivity index (χ4v) is 5.78. The standard InChI is InChI=1S/C20H26N8O5S/c1-12(20(31)32)8-34(7-5-3-2-4-6-26-27-22)9-13-15(29)16(30)19(33-13)28-11-25-14-17(21)23-10-24-18(14)28/h10-13,15-16,19,29-30H,2,4,6-9H2,1H3,(H2-,21,23,24,31,32)/t12-,13+,15-,16?,19+,34?/m0/s1. The van der Waals surface area contributed by atoms with Crippen molar-refractivity contribution < 1.29 is 24.9 Å². The third kappa shape index (κ3) is 6.07. The quantitative estimate of drug-likeness (QED) is 0.0942. The first-order valence-corrected chi connectivity index (χ1v) is 12.3. The number of carbonyl (C=O) groups excluding carboxylic acids is 1. The molecule has 2 unspecified atom stereocenters. The molecule has 1 aliphatic heterocycles. The lowest BCUT2D eigenvalue weighted by Crippen LogP contribution is -2.40. The minimum atomic E-state index is -1.26. The predicted molar refractivity (Wildman–Crippen MR) is 123 cm³/mol. The van der Waals surface area contributed by atoms with Crippen molar-refractivity contribution >= 4 is 33.8 Å². The van der Waals surface area contributed by atoms with E-state index in [1.165, 1.54) is 17.2 Å². The van der Waals surface area contributed by atoms with Gasteiger partial charge in [0.15, 0.2) is 23.4 Å². The van der Waals surface area contributed by atoms with E-state index in [-0.39, 0.29) is 5.82 Å². The van der Waals surface area contributed by atoms with Gasteiger partial charge in [0, 0.05) is 40.7 Å². The second-order valence-electron chi connectivity index (χ2n) is 7.85. The number of carboxylic acid groups (broad SMARTS) is 1. The van der Waals surface area contributed by atoms with E-state index in [1.54, 1.807) is 6.92 Å². The van der Waals surface area contributed by atoms with Gasteiger partial charge in [0.05, 0.1) is 6.33 Å². The zero-order valence-corrected chi connectivity index (χ0v) is 19.3. The number of carbonyl (C=O) groups is 1. The molecule has 0 spiro atoms. The van der Waals surface area contributed by atoms with E-state index in [1.807, 2.05) is 0 Å². The smallest absolute Gasteiger partial charge is 0.168 e. The molecule has 182 valence electrons. The van der Waals surface area contributed by atoms with E-state index >= 15 is 0 Å². The number of aliphatic hydroxyl groups excluding tert-OH is 2. The first-order chi connectivity index (χ1) is 16.3. The van der Waals surface area contributed by atoms with Crippen molar-refractivity contribution in [2.45, 2.75) is 44.3 Å². The molecule has 14 heteroatoms. The van der Waals surface area contributed by atoms with Crippen LogP contribution in [0.5, 0.6) is 0 Å². The number of rotatable bonds is 10. The molecule has 4 N–H and O–H groups in total. The van der Waals surface area contributed by atoms with Crippen LogP contribution in [0.2, 0.25) is 0 Å². The second kappa shape index (κ2) is 11.9. The topological polar surface area (TPSA) is 208 Å². The molecule has 0 radical (unpaired) electrons. The Morgan fingerprint density at radius 1 is 1.41 bits per heavy atom. The van der Waals surface area contributed by atoms with Gasteiger partial charge in [-0.05, 0) is 17.9 Å². The molecule has 2 aromatic rings. The lowest BCUT2D eigenvalue weighted by atomic mass is 10.1. The number of imidazole rings is 1. The Hall–Kier alpha value is -3.08. The number of azide groups is 1. The number of hydrogen-bond donors (Lipinski definition) is 3. The van der Waals surface area contributed by atoms with Crippen LogP contribution in [-0.4, -0.2) is 77.8 Å². The van der Waals surface area contributed by atoms with Crippen LogP contribution in [0.25, 0.3) is 21.6 Å². The Morgan fingerprint density at radius 2 is 2.21 bits per heavy atom. The highest BCUT2D eigenvalue weighted by Gasteiger charge is 2.47. The molecule has 3 rings (SSSR count). The van der Waals surface area contributed by atoms with Crippen molar-refractivity contribution in [2.24, 2.45) is 11.0 Å². The van der Waals surface area contributed by atoms with Crippen LogP contribution in [0.4, 0.5) is 5.82 Å². The summed E-state index contributed by atoms with van der Waals surface area (Å²) in [6.07, 6.45) is -0.287. The summed E-state index contributed by atoms with van der Waals surface area (Å²) >= 11 is 0. The van der Waals surface area contributed by atoms with Crippen LogP contribution in [0.1, 0.15) is 26.0 Å². The first kappa shape index (κ1) is 25.5. The van der Waals surface area contributed by atoms with Crippen molar-refractivity contribution in [1.29, 1.82) is 0 Å². The lowest BCUT2D eigenvalue weighted by Gasteiger charge is -2.18. The third-order valence-electron chi connectivity index (χ3n) is 5.31. The number of nitrogens with two attached hydrogens (primary N) is 1. The van der Waals surface area contributed by atoms with E-state index < -0.39 is 47.3 Å². The minimum Gasteiger partial charge on any atom is -0.550 e. The minimum absolute atomic E-state index is 0.184. The van der Waals surface area contributed by atoms with E-state index in [4.69, 9.17) is 16.0 Å². The van der Waals surface area contributed by atoms with Crippen LogP contribution in [-0.2, 0) is 20.4 Å². The molecule has 6 atom stereocenters. The Morgan fingerprint density at radius 3 is 2.94 bits per heavy atom. The van der Waals surface area contributed by atoms with Gasteiger partial charge in [0.2, 0.25) is 0 Å². The summed E-state index contributed by atoms with van der Waals surface area (Å²) in [6.45, 7) is 1.92. The Balaban J connectivity index is 1.70. The molecule has 3 heterocycles. The fraction of sp³-hybridized carbons (Fsp3) is 0.600. The molecular formula is C20H26N8O5S. The van der Waals surface area contributed by atoms with Crippen LogP contribution in [0.3, 0.4) is 0 Å². The van der Waals surface area contributed by atoms with Gasteiger partial charge in [-0.25, -0.2) is 15.0 Å². The maximum atomic E-state index is 11.3. The average Bonchev–Trinajstić information content (AvgIpc) is 3.35. The number of ether oxygens (including phenoxy) is 1. The molecule has 13 nitrogen and oxygen atoms in total. The summed E-state index contributed by atoms with van der Waals surface area (Å²) < 4.78 is 7.49. The molecule has 0 bridgehead atoms. The van der Waals surface area contributed by atoms with Crippen LogP contribution in [0.15, 0.2) is 17.8 Å². The number of unbranched alkanes of at least 4 members (excludes halogenated alkanes) is 1. The summed E-state index contributed by atoms with van der Waals surface area (Å²) in [4.78, 5) is 26.2. The first-order valence-electron chi connectivity index (χ1n) is 10.6. The number of fused-ring (bicyclic) bond motifs is 1. The number of hydrogen-bond acceptors (Lipinski definition) is 10. The van der Waals surface area contributed by atoms with Crippen LogP contribution in [0, 0.1) is 17.8 Å². The van der Waals surface area contributed by atoms with Crippen molar-refractivity contribution in [1.82, 2.24) is 19.5 Å². The number of carboxylic acids is 1. The van der Waals surface area contributed by atoms with Crippen molar-refractivity contribution in [2.75, 3.05) is 29.5 Å². The molecule has 2 aromatic heterocycles. The van der Waals surface area contributed by atoms with Gasteiger partial charge in [-0.1, -0.05) is 18.0 Å². The van der Waals surface area contributed by atoms with Crippen LogP contribution < -0.4 is 10.8 Å². The van der Waals surface area contributed by atoms with Gasteiger partial charge in [0.25, 0.3) is 0 Å². The Kier molecular flexibility index (Phi) is 8.91. The van der Waals surface area contributed by atoms with Gasteiger partial charge in [-0.15, -0.1) is 0 Å². The predicted octanol–water partition coefficient (Wildman–Crippen LogP) is -0.874. The van der Waals surface area contributed by atoms with E-state index in [9.17, 15) is 20.1 Å². The van der Waals surface area contributed by atoms with Crippen molar-refractivity contribution in [3.8, 4) is 11.8 Å². The lowest BCUT2D eigenvalue weighted by molar-refractivity contribution is -0.310. The molecule has 1 aliphatic rings. The second-order valence-corrected chi connectivity index (χ2v) is 10.0. The zero-order chi connectivity index (χ0) is 24.7. The van der Waals surface area contributed by atoms with Gasteiger partial charge in [0.1, 0.15) is 41.7 Å². The third-order valence-corrected chi connectivity index (χ3v) is 7.63. The molecule has 34 heavy (non-hydrogen) atoms. The summed E-state index contributed by atoms with van der Waals surface area (Å²) in [5.74, 6) is 5.39. The Labute approximate surface area is 198 Å². The summed E-state index contributed by atoms with van der Waals surface area (Å²) in [7, 11) is -0.545. The number of aliphatic hydroxyl groups is 2. The highest BCUT2D eigenvalue weighted by atomic mass is 32.2. The van der Waals surface area contributed by atoms with Gasteiger partial charge >= 0.3 is 0 Å². The number of nitrogens with zero attached hydrogens (tertiary/aromatic N) is 7. The molecule has 0 aromatic carbocycles. The summed E-state index contributed by atoms with van der Waals surface area (Å²) in [5, 5.41) is 36.1. The van der Waals surface area contributed by atoms with E-state index in [2.05, 4.69) is 36.8 Å². The number of nitrogen functional groups attached to an aromatic ring is 1. The zero-order valence-electron chi connectivity index (χ0n) is 18.5. The van der Waals surface area contributed by atoms with Gasteiger partial charge in [-0.3, -0.25) is 4.57 Å². The van der Waals surface area contributed by atoms with E-state index in [0.717, 1.165) is 0 Å². The SMILES string of the molecule is C[C@@H](C[S+](CC#CCCCN=[N+]=[N-])C[C@H]1O[C@@H](n2cnc3c(N)ncnc32)C(O)[C@H]1O)C(=O)[O-]. The van der Waals surface area contributed by atoms with Gasteiger partial charge < -0.3 is 30.6 Å². The molecule has 0 saturated carbocycles. The normalized spacial score (nSPS) is 23.6. The van der Waals surface area contributed by atoms with Crippen molar-refractivity contribution in [3.63, 3.8) is 0 Å². The summed E-state index contributed by atoms with van der Waals surface area (Å²) in [5.41, 5.74) is 14.8. The molecule has 0 amide bonds. The highest BCUT2D eigenvalue weighted by molar-refractivity contribution is 7.97. The average molecular weight is 491 g/mol. The number of anilines is 1. The summed E-state index contributed by atoms with van der Waals surface area (Å²) in [6, 6.07) is 0. The maximum Gasteiger partial charge on any atom is 0.168 e.